The summed E-state index contributed by atoms with van der Waals surface area (Å²) in [7, 11) is -3.47. The molecule has 0 aromatic heterocycles. The second-order valence-corrected chi connectivity index (χ2v) is 7.45. The highest BCUT2D eigenvalue weighted by molar-refractivity contribution is 7.89. The predicted molar refractivity (Wildman–Crippen MR) is 80.9 cm³/mol. The van der Waals surface area contributed by atoms with Crippen molar-refractivity contribution in [3.05, 3.63) is 29.8 Å². The fourth-order valence-electron chi connectivity index (χ4n) is 2.29. The molecule has 1 heterocycles. The predicted octanol–water partition coefficient (Wildman–Crippen LogP) is 0.518. The summed E-state index contributed by atoms with van der Waals surface area (Å²) in [4.78, 5) is 0.647. The lowest BCUT2D eigenvalue weighted by Crippen LogP contribution is -2.29. The number of aliphatic hydroxyl groups is 1. The largest absolute Gasteiger partial charge is 0.396 e. The molecule has 0 bridgehead atoms. The van der Waals surface area contributed by atoms with Crippen molar-refractivity contribution in [3.63, 3.8) is 0 Å². The maximum Gasteiger partial charge on any atom is 0.243 e. The minimum atomic E-state index is -3.47. The van der Waals surface area contributed by atoms with Crippen LogP contribution in [0.2, 0.25) is 0 Å². The molecule has 0 radical (unpaired) electrons. The summed E-state index contributed by atoms with van der Waals surface area (Å²) in [5, 5.41) is 9.09. The molecular weight excluding hydrogens is 296 g/mol. The second kappa shape index (κ2) is 6.17. The summed E-state index contributed by atoms with van der Waals surface area (Å²) in [5.41, 5.74) is 6.35. The zero-order chi connectivity index (χ0) is 14.8. The monoisotopic (exact) mass is 314 g/mol. The van der Waals surface area contributed by atoms with Gasteiger partial charge in [0.25, 0.3) is 0 Å². The van der Waals surface area contributed by atoms with Gasteiger partial charge in [0.2, 0.25) is 10.0 Å². The van der Waals surface area contributed by atoms with Crippen LogP contribution in [0.3, 0.4) is 0 Å². The Balaban J connectivity index is 2.16. The van der Waals surface area contributed by atoms with Gasteiger partial charge in [-0.2, -0.15) is 4.31 Å². The molecule has 0 aliphatic carbocycles. The van der Waals surface area contributed by atoms with Gasteiger partial charge in [0.05, 0.1) is 9.88 Å². The average molecular weight is 314 g/mol. The van der Waals surface area contributed by atoms with E-state index in [1.54, 1.807) is 24.3 Å². The van der Waals surface area contributed by atoms with Crippen LogP contribution in [-0.2, 0) is 16.4 Å². The van der Waals surface area contributed by atoms with Crippen LogP contribution in [0.1, 0.15) is 12.0 Å². The molecule has 1 saturated heterocycles. The van der Waals surface area contributed by atoms with E-state index in [4.69, 9.17) is 23.1 Å². The first-order valence-electron chi connectivity index (χ1n) is 6.41. The van der Waals surface area contributed by atoms with Crippen molar-refractivity contribution in [2.45, 2.75) is 17.7 Å². The maximum atomic E-state index is 12.4. The number of nitrogens with two attached hydrogens (primary N) is 1. The highest BCUT2D eigenvalue weighted by Crippen LogP contribution is 2.24. The number of thiocarbonyl (C=S) groups is 1. The Bertz CT molecular complexity index is 584. The molecule has 7 heteroatoms. The number of benzene rings is 1. The third-order valence-electron chi connectivity index (χ3n) is 3.45. The molecule has 0 amide bonds. The standard InChI is InChI=1S/C13H18N2O3S2/c14-13(19)7-10-1-3-12(4-2-10)20(17,18)15-6-5-11(8-15)9-16/h1-4,11,16H,5-9H2,(H2,14,19). The lowest BCUT2D eigenvalue weighted by molar-refractivity contribution is 0.233. The molecule has 1 aromatic carbocycles. The van der Waals surface area contributed by atoms with E-state index >= 15 is 0 Å². The normalized spacial score (nSPS) is 20.1. The highest BCUT2D eigenvalue weighted by atomic mass is 32.2. The molecule has 0 saturated carbocycles. The summed E-state index contributed by atoms with van der Waals surface area (Å²) in [6, 6.07) is 6.61. The van der Waals surface area contributed by atoms with Crippen LogP contribution < -0.4 is 5.73 Å². The topological polar surface area (TPSA) is 83.6 Å². The summed E-state index contributed by atoms with van der Waals surface area (Å²) in [6.07, 6.45) is 1.17. The van der Waals surface area contributed by atoms with Crippen LogP contribution in [0, 0.1) is 5.92 Å². The van der Waals surface area contributed by atoms with Crippen molar-refractivity contribution in [2.75, 3.05) is 19.7 Å². The van der Waals surface area contributed by atoms with Crippen molar-refractivity contribution in [2.24, 2.45) is 11.7 Å². The van der Waals surface area contributed by atoms with Crippen LogP contribution in [0.4, 0.5) is 0 Å². The van der Waals surface area contributed by atoms with Gasteiger partial charge in [-0.1, -0.05) is 24.4 Å². The lowest BCUT2D eigenvalue weighted by atomic mass is 10.1. The molecule has 110 valence electrons. The van der Waals surface area contributed by atoms with Gasteiger partial charge in [-0.25, -0.2) is 8.42 Å². The smallest absolute Gasteiger partial charge is 0.243 e. The third kappa shape index (κ3) is 3.35. The Hall–Kier alpha value is -1.02. The lowest BCUT2D eigenvalue weighted by Gasteiger charge is -2.16. The Kier molecular flexibility index (Phi) is 4.74. The molecular formula is C13H18N2O3S2. The van der Waals surface area contributed by atoms with Crippen molar-refractivity contribution in [3.8, 4) is 0 Å². The summed E-state index contributed by atoms with van der Waals surface area (Å²) in [5.74, 6) is 0.0404. The zero-order valence-electron chi connectivity index (χ0n) is 11.0. The number of hydrogen-bond acceptors (Lipinski definition) is 4. The van der Waals surface area contributed by atoms with E-state index in [-0.39, 0.29) is 17.4 Å². The maximum absolute atomic E-state index is 12.4. The molecule has 1 aliphatic heterocycles. The van der Waals surface area contributed by atoms with Gasteiger partial charge in [-0.3, -0.25) is 0 Å². The van der Waals surface area contributed by atoms with E-state index in [9.17, 15) is 8.42 Å². The Morgan fingerprint density at radius 3 is 2.55 bits per heavy atom. The van der Waals surface area contributed by atoms with Crippen LogP contribution >= 0.6 is 12.2 Å². The van der Waals surface area contributed by atoms with Crippen LogP contribution in [-0.4, -0.2) is 42.5 Å². The summed E-state index contributed by atoms with van der Waals surface area (Å²) >= 11 is 4.83. The fraction of sp³-hybridized carbons (Fsp3) is 0.462. The van der Waals surface area contributed by atoms with Crippen molar-refractivity contribution in [1.82, 2.24) is 4.31 Å². The molecule has 2 rings (SSSR count). The summed E-state index contributed by atoms with van der Waals surface area (Å²) < 4.78 is 26.3. The molecule has 1 aliphatic rings. The Labute approximate surface area is 124 Å². The van der Waals surface area contributed by atoms with E-state index in [2.05, 4.69) is 0 Å². The highest BCUT2D eigenvalue weighted by Gasteiger charge is 2.31. The molecule has 1 aromatic rings. The van der Waals surface area contributed by atoms with Gasteiger partial charge in [0.1, 0.15) is 0 Å². The number of rotatable bonds is 5. The average Bonchev–Trinajstić information content (AvgIpc) is 2.88. The van der Waals surface area contributed by atoms with Gasteiger partial charge in [0, 0.05) is 26.1 Å². The van der Waals surface area contributed by atoms with E-state index in [0.717, 1.165) is 5.56 Å². The van der Waals surface area contributed by atoms with Crippen LogP contribution in [0.15, 0.2) is 29.2 Å². The van der Waals surface area contributed by atoms with E-state index in [1.165, 1.54) is 4.31 Å². The number of nitrogens with zero attached hydrogens (tertiary/aromatic N) is 1. The van der Waals surface area contributed by atoms with E-state index < -0.39 is 10.0 Å². The first-order chi connectivity index (χ1) is 9.43. The first kappa shape index (κ1) is 15.4. The van der Waals surface area contributed by atoms with Crippen molar-refractivity contribution in [1.29, 1.82) is 0 Å². The second-order valence-electron chi connectivity index (χ2n) is 4.99. The molecule has 1 unspecified atom stereocenters. The molecule has 0 spiro atoms. The van der Waals surface area contributed by atoms with Gasteiger partial charge >= 0.3 is 0 Å². The zero-order valence-corrected chi connectivity index (χ0v) is 12.7. The van der Waals surface area contributed by atoms with Gasteiger partial charge in [-0.15, -0.1) is 0 Å². The van der Waals surface area contributed by atoms with Crippen molar-refractivity contribution >= 4 is 27.2 Å². The summed E-state index contributed by atoms with van der Waals surface area (Å²) in [6.45, 7) is 0.870. The third-order valence-corrected chi connectivity index (χ3v) is 5.47. The Morgan fingerprint density at radius 1 is 1.40 bits per heavy atom. The Morgan fingerprint density at radius 2 is 2.05 bits per heavy atom. The first-order valence-corrected chi connectivity index (χ1v) is 8.26. The molecule has 5 nitrogen and oxygen atoms in total. The van der Waals surface area contributed by atoms with Crippen molar-refractivity contribution < 1.29 is 13.5 Å². The molecule has 1 atom stereocenters. The minimum absolute atomic E-state index is 0.0267. The van der Waals surface area contributed by atoms with E-state index in [0.29, 0.717) is 30.9 Å². The van der Waals surface area contributed by atoms with Gasteiger partial charge in [-0.05, 0) is 30.0 Å². The number of sulfonamides is 1. The quantitative estimate of drug-likeness (QED) is 0.774. The fourth-order valence-corrected chi connectivity index (χ4v) is 3.99. The number of aliphatic hydroxyl groups excluding tert-OH is 1. The van der Waals surface area contributed by atoms with E-state index in [1.807, 2.05) is 0 Å². The number of hydrogen-bond donors (Lipinski definition) is 2. The molecule has 3 N–H and O–H groups in total. The minimum Gasteiger partial charge on any atom is -0.396 e. The molecule has 20 heavy (non-hydrogen) atoms. The van der Waals surface area contributed by atoms with Crippen LogP contribution in [0.25, 0.3) is 0 Å². The van der Waals surface area contributed by atoms with Gasteiger partial charge < -0.3 is 10.8 Å². The van der Waals surface area contributed by atoms with Crippen LogP contribution in [0.5, 0.6) is 0 Å². The molecule has 1 fully saturated rings. The van der Waals surface area contributed by atoms with Gasteiger partial charge in [0.15, 0.2) is 0 Å². The SMILES string of the molecule is NC(=S)Cc1ccc(S(=O)(=O)N2CCC(CO)C2)cc1.